The normalized spacial score (nSPS) is 17.3. The molecule has 2 aromatic rings. The van der Waals surface area contributed by atoms with E-state index in [2.05, 4.69) is 5.32 Å². The smallest absolute Gasteiger partial charge is 0.126 e. The summed E-state index contributed by atoms with van der Waals surface area (Å²) in [6, 6.07) is 12.5. The molecule has 1 unspecified atom stereocenters. The molecule has 0 radical (unpaired) electrons. The number of benzene rings is 2. The summed E-state index contributed by atoms with van der Waals surface area (Å²) >= 11 is 6.38. The molecule has 3 nitrogen and oxygen atoms in total. The Bertz CT molecular complexity index is 713. The van der Waals surface area contributed by atoms with Crippen LogP contribution in [0.3, 0.4) is 0 Å². The fourth-order valence-corrected chi connectivity index (χ4v) is 3.17. The Morgan fingerprint density at radius 3 is 2.62 bits per heavy atom. The summed E-state index contributed by atoms with van der Waals surface area (Å²) in [5.74, 6) is -0.226. The van der Waals surface area contributed by atoms with Gasteiger partial charge in [0.15, 0.2) is 0 Å². The van der Waals surface area contributed by atoms with Gasteiger partial charge in [-0.05, 0) is 35.7 Å². The molecule has 0 amide bonds. The summed E-state index contributed by atoms with van der Waals surface area (Å²) in [6.07, 6.45) is 0. The molecule has 1 heterocycles. The highest BCUT2D eigenvalue weighted by Crippen LogP contribution is 2.32. The average molecular weight is 350 g/mol. The lowest BCUT2D eigenvalue weighted by atomic mass is 9.86. The summed E-state index contributed by atoms with van der Waals surface area (Å²) in [4.78, 5) is 0. The maximum absolute atomic E-state index is 13.6. The van der Waals surface area contributed by atoms with Crippen LogP contribution in [-0.4, -0.2) is 31.5 Å². The predicted octanol–water partition coefficient (Wildman–Crippen LogP) is 3.48. The van der Waals surface area contributed by atoms with E-state index in [1.165, 1.54) is 6.07 Å². The van der Waals surface area contributed by atoms with Crippen LogP contribution in [0.5, 0.6) is 0 Å². The highest BCUT2D eigenvalue weighted by atomic mass is 35.5. The van der Waals surface area contributed by atoms with Gasteiger partial charge in [-0.1, -0.05) is 41.9 Å². The fourth-order valence-electron chi connectivity index (χ4n) is 2.92. The Hall–Kier alpha value is -1.46. The predicted molar refractivity (Wildman–Crippen MR) is 92.8 cm³/mol. The summed E-state index contributed by atoms with van der Waals surface area (Å²) in [6.45, 7) is 3.48. The fraction of sp³-hybridized carbons (Fsp3) is 0.368. The lowest BCUT2D eigenvalue weighted by Gasteiger charge is -2.41. The number of halogens is 2. The van der Waals surface area contributed by atoms with E-state index in [-0.39, 0.29) is 23.9 Å². The van der Waals surface area contributed by atoms with Crippen molar-refractivity contribution in [3.8, 4) is 0 Å². The minimum atomic E-state index is -0.255. The van der Waals surface area contributed by atoms with Gasteiger partial charge in [0.25, 0.3) is 0 Å². The number of aliphatic hydroxyl groups is 1. The van der Waals surface area contributed by atoms with E-state index in [1.807, 2.05) is 30.3 Å². The second-order valence-electron chi connectivity index (χ2n) is 6.49. The molecule has 0 aromatic heterocycles. The molecule has 0 aliphatic carbocycles. The zero-order valence-electron chi connectivity index (χ0n) is 13.6. The molecule has 3 rings (SSSR count). The van der Waals surface area contributed by atoms with Crippen molar-refractivity contribution in [2.45, 2.75) is 13.0 Å². The lowest BCUT2D eigenvalue weighted by molar-refractivity contribution is -0.134. The van der Waals surface area contributed by atoms with Gasteiger partial charge >= 0.3 is 0 Å². The van der Waals surface area contributed by atoms with Crippen molar-refractivity contribution < 1.29 is 14.2 Å². The van der Waals surface area contributed by atoms with Gasteiger partial charge in [-0.3, -0.25) is 0 Å². The van der Waals surface area contributed by atoms with Crippen LogP contribution < -0.4 is 5.32 Å². The highest BCUT2D eigenvalue weighted by Gasteiger charge is 2.38. The maximum atomic E-state index is 13.6. The Kier molecular flexibility index (Phi) is 5.21. The first kappa shape index (κ1) is 17.4. The van der Waals surface area contributed by atoms with Crippen molar-refractivity contribution in [1.29, 1.82) is 0 Å². The van der Waals surface area contributed by atoms with Crippen molar-refractivity contribution in [3.63, 3.8) is 0 Å². The van der Waals surface area contributed by atoms with Crippen LogP contribution in [0.2, 0.25) is 5.02 Å². The van der Waals surface area contributed by atoms with E-state index in [0.717, 1.165) is 11.1 Å². The molecule has 1 fully saturated rings. The quantitative estimate of drug-likeness (QED) is 0.839. The molecule has 0 saturated carbocycles. The van der Waals surface area contributed by atoms with Gasteiger partial charge in [0, 0.05) is 11.6 Å². The van der Waals surface area contributed by atoms with Gasteiger partial charge in [-0.15, -0.1) is 0 Å². The molecule has 0 bridgehead atoms. The number of hydrogen-bond donors (Lipinski definition) is 2. The molecule has 1 aliphatic rings. The van der Waals surface area contributed by atoms with Crippen molar-refractivity contribution in [2.24, 2.45) is 5.41 Å². The van der Waals surface area contributed by atoms with Crippen molar-refractivity contribution in [1.82, 2.24) is 5.32 Å². The van der Waals surface area contributed by atoms with Crippen molar-refractivity contribution in [3.05, 3.63) is 70.0 Å². The number of hydrogen-bond acceptors (Lipinski definition) is 3. The third-order valence-corrected chi connectivity index (χ3v) is 4.91. The molecular weight excluding hydrogens is 329 g/mol. The molecule has 2 aromatic carbocycles. The summed E-state index contributed by atoms with van der Waals surface area (Å²) in [5, 5.41) is 13.8. The second-order valence-corrected chi connectivity index (χ2v) is 6.90. The Morgan fingerprint density at radius 2 is 2.04 bits per heavy atom. The minimum Gasteiger partial charge on any atom is -0.396 e. The van der Waals surface area contributed by atoms with Gasteiger partial charge in [-0.25, -0.2) is 4.39 Å². The molecule has 2 N–H and O–H groups in total. The molecular formula is C19H21ClFNO2. The number of aryl methyl sites for hydroxylation is 1. The third kappa shape index (κ3) is 3.47. The van der Waals surface area contributed by atoms with E-state index >= 15 is 0 Å². The molecule has 128 valence electrons. The lowest BCUT2D eigenvalue weighted by Crippen LogP contribution is -2.52. The first-order valence-corrected chi connectivity index (χ1v) is 8.35. The summed E-state index contributed by atoms with van der Waals surface area (Å²) in [7, 11) is 0. The largest absolute Gasteiger partial charge is 0.396 e. The van der Waals surface area contributed by atoms with Crippen molar-refractivity contribution in [2.75, 3.05) is 26.4 Å². The number of aliphatic hydroxyl groups excluding tert-OH is 1. The standard InChI is InChI=1S/C19H21ClFNO2/c1-13-8-14(6-7-17(13)21)18(15-4-2-3-5-16(15)20)22-9-19(10-23)11-24-12-19/h2-8,18,22-23H,9-12H2,1H3. The van der Waals surface area contributed by atoms with Crippen LogP contribution in [0.25, 0.3) is 0 Å². The second kappa shape index (κ2) is 7.19. The minimum absolute atomic E-state index is 0.0672. The van der Waals surface area contributed by atoms with Gasteiger partial charge in [0.2, 0.25) is 0 Å². The van der Waals surface area contributed by atoms with Crippen LogP contribution >= 0.6 is 11.6 Å². The molecule has 24 heavy (non-hydrogen) atoms. The molecule has 1 atom stereocenters. The topological polar surface area (TPSA) is 41.5 Å². The Labute approximate surface area is 146 Å². The maximum Gasteiger partial charge on any atom is 0.126 e. The van der Waals surface area contributed by atoms with Crippen LogP contribution in [0.15, 0.2) is 42.5 Å². The Balaban J connectivity index is 1.91. The van der Waals surface area contributed by atoms with Gasteiger partial charge in [-0.2, -0.15) is 0 Å². The average Bonchev–Trinajstić information content (AvgIpc) is 2.54. The molecule has 1 saturated heterocycles. The summed E-state index contributed by atoms with van der Waals surface area (Å²) in [5.41, 5.74) is 2.21. The first-order chi connectivity index (χ1) is 11.5. The van der Waals surface area contributed by atoms with Crippen molar-refractivity contribution >= 4 is 11.6 Å². The number of nitrogens with one attached hydrogen (secondary N) is 1. The zero-order chi connectivity index (χ0) is 17.2. The summed E-state index contributed by atoms with van der Waals surface area (Å²) < 4.78 is 18.9. The molecule has 5 heteroatoms. The zero-order valence-corrected chi connectivity index (χ0v) is 14.3. The van der Waals surface area contributed by atoms with E-state index in [9.17, 15) is 9.50 Å². The highest BCUT2D eigenvalue weighted by molar-refractivity contribution is 6.31. The number of ether oxygens (including phenoxy) is 1. The first-order valence-electron chi connectivity index (χ1n) is 7.97. The van der Waals surface area contributed by atoms with E-state index in [4.69, 9.17) is 16.3 Å². The van der Waals surface area contributed by atoms with Crippen LogP contribution in [0.4, 0.5) is 4.39 Å². The Morgan fingerprint density at radius 1 is 1.29 bits per heavy atom. The molecule has 1 aliphatic heterocycles. The van der Waals surface area contributed by atoms with E-state index in [1.54, 1.807) is 13.0 Å². The monoisotopic (exact) mass is 349 g/mol. The van der Waals surface area contributed by atoms with Gasteiger partial charge < -0.3 is 15.2 Å². The van der Waals surface area contributed by atoms with Gasteiger partial charge in [0.05, 0.1) is 31.3 Å². The SMILES string of the molecule is Cc1cc(C(NCC2(CO)COC2)c2ccccc2Cl)ccc1F. The van der Waals surface area contributed by atoms with E-state index < -0.39 is 0 Å². The molecule has 0 spiro atoms. The third-order valence-electron chi connectivity index (χ3n) is 4.56. The van der Waals surface area contributed by atoms with Crippen LogP contribution in [0, 0.1) is 18.2 Å². The van der Waals surface area contributed by atoms with Gasteiger partial charge in [0.1, 0.15) is 5.82 Å². The van der Waals surface area contributed by atoms with E-state index in [0.29, 0.717) is 30.3 Å². The van der Waals surface area contributed by atoms with Crippen LogP contribution in [-0.2, 0) is 4.74 Å². The number of rotatable bonds is 6. The van der Waals surface area contributed by atoms with Crippen LogP contribution in [0.1, 0.15) is 22.7 Å².